The SMILES string of the molecule is CC(C)CCC[C@@H](C)[C@H]1CC[C@H]2[C@@H]3CC[C@H]4C[C@H](OP(=O)([O-])[O-])CC[C@]4(C)[C@H]3CC[C@]12C.[Na+]. The molecule has 4 rings (SSSR count). The summed E-state index contributed by atoms with van der Waals surface area (Å²) in [6.45, 7) is 12.4. The van der Waals surface area contributed by atoms with Gasteiger partial charge in [0.15, 0.2) is 0 Å². The Labute approximate surface area is 225 Å². The number of fused-ring (bicyclic) bond motifs is 5. The molecule has 0 aromatic rings. The van der Waals surface area contributed by atoms with Crippen molar-refractivity contribution in [2.24, 2.45) is 52.3 Å². The number of hydrogen-bond acceptors (Lipinski definition) is 4. The predicted molar refractivity (Wildman–Crippen MR) is 126 cm³/mol. The molecule has 0 bridgehead atoms. The van der Waals surface area contributed by atoms with Crippen molar-refractivity contribution < 1.29 is 48.4 Å². The Balaban J connectivity index is 0.00000306. The van der Waals surface area contributed by atoms with E-state index in [1.54, 1.807) is 0 Å². The molecule has 33 heavy (non-hydrogen) atoms. The maximum atomic E-state index is 11.2. The molecule has 186 valence electrons. The van der Waals surface area contributed by atoms with Crippen LogP contribution < -0.4 is 39.3 Å². The van der Waals surface area contributed by atoms with E-state index >= 15 is 0 Å². The molecule has 0 aliphatic heterocycles. The molecule has 0 N–H and O–H groups in total. The topological polar surface area (TPSA) is 72.4 Å². The monoisotopic (exact) mass is 489 g/mol. The summed E-state index contributed by atoms with van der Waals surface area (Å²) in [6.07, 6.45) is 14.3. The van der Waals surface area contributed by atoms with Gasteiger partial charge in [0.1, 0.15) is 0 Å². The van der Waals surface area contributed by atoms with Gasteiger partial charge in [-0.25, -0.2) is 0 Å². The maximum absolute atomic E-state index is 11.2. The Hall–Kier alpha value is 1.11. The maximum Gasteiger partial charge on any atom is 1.00 e. The fourth-order valence-electron chi connectivity index (χ4n) is 9.52. The fraction of sp³-hybridized carbons (Fsp3) is 1.00. The van der Waals surface area contributed by atoms with Gasteiger partial charge < -0.3 is 18.9 Å². The zero-order chi connectivity index (χ0) is 23.3. The smallest absolute Gasteiger partial charge is 0.790 e. The average Bonchev–Trinajstić information content (AvgIpc) is 3.04. The number of phosphoric acid groups is 1. The number of phosphoric ester groups is 1. The van der Waals surface area contributed by atoms with Crippen LogP contribution in [0.1, 0.15) is 112 Å². The Morgan fingerprint density at radius 2 is 1.58 bits per heavy atom. The van der Waals surface area contributed by atoms with Crippen LogP contribution in [-0.4, -0.2) is 6.10 Å². The molecule has 0 aromatic heterocycles. The molecule has 9 atom stereocenters. The first-order valence-corrected chi connectivity index (χ1v) is 15.1. The fourth-order valence-corrected chi connectivity index (χ4v) is 10.1. The van der Waals surface area contributed by atoms with Crippen LogP contribution in [0.2, 0.25) is 0 Å². The van der Waals surface area contributed by atoms with E-state index in [0.717, 1.165) is 54.8 Å². The van der Waals surface area contributed by atoms with Crippen molar-refractivity contribution in [3.05, 3.63) is 0 Å². The molecule has 0 unspecified atom stereocenters. The Bertz CT molecular complexity index is 710. The van der Waals surface area contributed by atoms with E-state index in [2.05, 4.69) is 34.6 Å². The van der Waals surface area contributed by atoms with E-state index in [0.29, 0.717) is 16.7 Å². The summed E-state index contributed by atoms with van der Waals surface area (Å²) in [4.78, 5) is 22.3. The van der Waals surface area contributed by atoms with Gasteiger partial charge in [0.25, 0.3) is 0 Å². The van der Waals surface area contributed by atoms with Gasteiger partial charge in [-0.05, 0) is 110 Å². The Morgan fingerprint density at radius 1 is 0.909 bits per heavy atom. The van der Waals surface area contributed by atoms with E-state index in [1.807, 2.05) is 0 Å². The van der Waals surface area contributed by atoms with Gasteiger partial charge in [-0.1, -0.05) is 53.9 Å². The van der Waals surface area contributed by atoms with Gasteiger partial charge in [0, 0.05) is 0 Å². The molecule has 0 spiro atoms. The summed E-state index contributed by atoms with van der Waals surface area (Å²) in [5.41, 5.74) is 0.806. The van der Waals surface area contributed by atoms with Crippen LogP contribution in [0.3, 0.4) is 0 Å². The zero-order valence-electron chi connectivity index (χ0n) is 22.2. The minimum absolute atomic E-state index is 0. The molecule has 0 aromatic carbocycles. The second-order valence-corrected chi connectivity index (χ2v) is 14.2. The van der Waals surface area contributed by atoms with Gasteiger partial charge >= 0.3 is 29.6 Å². The molecule has 0 heterocycles. The van der Waals surface area contributed by atoms with Crippen LogP contribution in [0, 0.1) is 52.3 Å². The molecule has 4 nitrogen and oxygen atoms in total. The molecule has 4 fully saturated rings. The van der Waals surface area contributed by atoms with Crippen LogP contribution in [0.25, 0.3) is 0 Å². The van der Waals surface area contributed by atoms with Crippen molar-refractivity contribution >= 4 is 7.82 Å². The van der Waals surface area contributed by atoms with Crippen molar-refractivity contribution in [1.29, 1.82) is 0 Å². The molecule has 4 aliphatic rings. The van der Waals surface area contributed by atoms with Crippen LogP contribution in [0.4, 0.5) is 0 Å². The van der Waals surface area contributed by atoms with E-state index in [-0.39, 0.29) is 35.7 Å². The minimum atomic E-state index is -4.89. The summed E-state index contributed by atoms with van der Waals surface area (Å²) in [6, 6.07) is 0. The third-order valence-corrected chi connectivity index (χ3v) is 11.7. The van der Waals surface area contributed by atoms with E-state index in [4.69, 9.17) is 4.52 Å². The van der Waals surface area contributed by atoms with Crippen molar-refractivity contribution in [3.8, 4) is 0 Å². The Morgan fingerprint density at radius 3 is 2.24 bits per heavy atom. The first kappa shape index (κ1) is 28.7. The van der Waals surface area contributed by atoms with E-state index in [1.165, 1.54) is 57.8 Å². The number of hydrogen-bond donors (Lipinski definition) is 0. The van der Waals surface area contributed by atoms with Crippen molar-refractivity contribution in [2.45, 2.75) is 118 Å². The summed E-state index contributed by atoms with van der Waals surface area (Å²) in [5, 5.41) is 0. The molecule has 6 heteroatoms. The third kappa shape index (κ3) is 5.83. The first-order chi connectivity index (χ1) is 14.9. The summed E-state index contributed by atoms with van der Waals surface area (Å²) < 4.78 is 16.1. The predicted octanol–water partition coefficient (Wildman–Crippen LogP) is 3.33. The Kier molecular flexibility index (Phi) is 9.42. The van der Waals surface area contributed by atoms with Gasteiger partial charge in [-0.3, -0.25) is 0 Å². The number of rotatable bonds is 7. The zero-order valence-corrected chi connectivity index (χ0v) is 25.1. The molecular weight excluding hydrogens is 442 g/mol. The standard InChI is InChI=1S/C27H49O4P.Na/c1-18(2)7-6-8-19(3)23-11-12-24-22-10-9-20-17-21(31-32(28,29)30)13-15-26(20,4)25(22)14-16-27(23,24)5;/h18-25H,6-17H2,1-5H3,(H2,28,29,30);/q;+1/p-2/t19-,20+,21-,22+,23-,24+,25+,26+,27-;/m1./s1. The van der Waals surface area contributed by atoms with Crippen LogP contribution >= 0.6 is 7.82 Å². The van der Waals surface area contributed by atoms with Crippen LogP contribution in [0.15, 0.2) is 0 Å². The second kappa shape index (κ2) is 10.8. The van der Waals surface area contributed by atoms with Gasteiger partial charge in [0.05, 0.1) is 13.9 Å². The molecule has 4 aliphatic carbocycles. The normalized spacial score (nSPS) is 43.9. The summed E-state index contributed by atoms with van der Waals surface area (Å²) in [5.74, 6) is 5.52. The van der Waals surface area contributed by atoms with E-state index < -0.39 is 7.82 Å². The minimum Gasteiger partial charge on any atom is -0.790 e. The quantitative estimate of drug-likeness (QED) is 0.406. The molecular formula is C27H47NaO4P-. The van der Waals surface area contributed by atoms with Gasteiger partial charge in [-0.15, -0.1) is 0 Å². The molecule has 4 saturated carbocycles. The molecule has 0 saturated heterocycles. The van der Waals surface area contributed by atoms with Crippen molar-refractivity contribution in [3.63, 3.8) is 0 Å². The largest absolute Gasteiger partial charge is 1.00 e. The molecule has 0 amide bonds. The summed E-state index contributed by atoms with van der Waals surface area (Å²) in [7, 11) is -4.89. The van der Waals surface area contributed by atoms with Crippen molar-refractivity contribution in [1.82, 2.24) is 0 Å². The third-order valence-electron chi connectivity index (χ3n) is 11.1. The van der Waals surface area contributed by atoms with Gasteiger partial charge in [0.2, 0.25) is 0 Å². The molecule has 0 radical (unpaired) electrons. The van der Waals surface area contributed by atoms with Crippen LogP contribution in [-0.2, 0) is 9.09 Å². The summed E-state index contributed by atoms with van der Waals surface area (Å²) >= 11 is 0. The van der Waals surface area contributed by atoms with Crippen molar-refractivity contribution in [2.75, 3.05) is 0 Å². The van der Waals surface area contributed by atoms with Gasteiger partial charge in [-0.2, -0.15) is 0 Å². The average molecular weight is 490 g/mol. The van der Waals surface area contributed by atoms with E-state index in [9.17, 15) is 14.4 Å². The van der Waals surface area contributed by atoms with Crippen LogP contribution in [0.5, 0.6) is 0 Å². The first-order valence-electron chi connectivity index (χ1n) is 13.6. The second-order valence-electron chi connectivity index (χ2n) is 13.1.